The molecule has 1 N–H and O–H groups in total. The second-order valence-electron chi connectivity index (χ2n) is 7.43. The van der Waals surface area contributed by atoms with Crippen LogP contribution in [-0.4, -0.2) is 28.6 Å². The van der Waals surface area contributed by atoms with Crippen LogP contribution in [0.5, 0.6) is 5.75 Å². The van der Waals surface area contributed by atoms with Gasteiger partial charge in [-0.1, -0.05) is 12.1 Å². The smallest absolute Gasteiger partial charge is 0.226 e. The van der Waals surface area contributed by atoms with Crippen molar-refractivity contribution < 1.29 is 14.3 Å². The number of carbonyl (C=O) groups excluding carboxylic acids is 2. The van der Waals surface area contributed by atoms with E-state index in [0.717, 1.165) is 33.8 Å². The van der Waals surface area contributed by atoms with Crippen molar-refractivity contribution in [2.24, 2.45) is 0 Å². The first kappa shape index (κ1) is 18.9. The Morgan fingerprint density at radius 2 is 1.83 bits per heavy atom. The SMILES string of the molecule is COc1ccc(-n2nc(C)c3c2NC(=O)C[C@H]3C(=O)c2ccc(C)c(C)c2)cc1. The Morgan fingerprint density at radius 3 is 2.48 bits per heavy atom. The van der Waals surface area contributed by atoms with Crippen LogP contribution < -0.4 is 10.1 Å². The molecule has 0 aliphatic carbocycles. The lowest BCUT2D eigenvalue weighted by Gasteiger charge is -2.23. The van der Waals surface area contributed by atoms with Gasteiger partial charge < -0.3 is 10.1 Å². The minimum atomic E-state index is -0.548. The van der Waals surface area contributed by atoms with E-state index in [0.29, 0.717) is 11.4 Å². The second kappa shape index (κ2) is 7.20. The topological polar surface area (TPSA) is 73.2 Å². The number of aryl methyl sites for hydroxylation is 3. The summed E-state index contributed by atoms with van der Waals surface area (Å²) >= 11 is 0. The lowest BCUT2D eigenvalue weighted by molar-refractivity contribution is -0.116. The zero-order valence-corrected chi connectivity index (χ0v) is 16.9. The number of anilines is 1. The molecular formula is C23H23N3O3. The van der Waals surface area contributed by atoms with E-state index in [9.17, 15) is 9.59 Å². The maximum Gasteiger partial charge on any atom is 0.226 e. The fourth-order valence-corrected chi connectivity index (χ4v) is 3.78. The highest BCUT2D eigenvalue weighted by molar-refractivity contribution is 6.08. The molecule has 1 aromatic heterocycles. The molecule has 0 saturated heterocycles. The highest BCUT2D eigenvalue weighted by Crippen LogP contribution is 2.38. The number of nitrogens with one attached hydrogen (secondary N) is 1. The van der Waals surface area contributed by atoms with Gasteiger partial charge in [-0.25, -0.2) is 4.68 Å². The summed E-state index contributed by atoms with van der Waals surface area (Å²) in [6.07, 6.45) is 0.119. The van der Waals surface area contributed by atoms with Crippen LogP contribution in [0.25, 0.3) is 5.69 Å². The minimum Gasteiger partial charge on any atom is -0.497 e. The number of Topliss-reactive ketones (excluding diaryl/α,β-unsaturated/α-hetero) is 1. The van der Waals surface area contributed by atoms with Crippen LogP contribution in [0.15, 0.2) is 42.5 Å². The largest absolute Gasteiger partial charge is 0.497 e. The van der Waals surface area contributed by atoms with Gasteiger partial charge in [-0.15, -0.1) is 0 Å². The zero-order valence-electron chi connectivity index (χ0n) is 16.9. The Kier molecular flexibility index (Phi) is 4.70. The van der Waals surface area contributed by atoms with Crippen molar-refractivity contribution >= 4 is 17.5 Å². The van der Waals surface area contributed by atoms with Crippen molar-refractivity contribution in [3.8, 4) is 11.4 Å². The normalized spacial score (nSPS) is 15.6. The first-order valence-electron chi connectivity index (χ1n) is 9.54. The van der Waals surface area contributed by atoms with Gasteiger partial charge in [-0.2, -0.15) is 5.10 Å². The number of fused-ring (bicyclic) bond motifs is 1. The number of ether oxygens (including phenoxy) is 1. The number of nitrogens with zero attached hydrogens (tertiary/aromatic N) is 2. The molecule has 1 aliphatic rings. The predicted molar refractivity (Wildman–Crippen MR) is 111 cm³/mol. The lowest BCUT2D eigenvalue weighted by atomic mass is 9.85. The Bertz CT molecular complexity index is 1110. The quantitative estimate of drug-likeness (QED) is 0.682. The number of rotatable bonds is 4. The Hall–Kier alpha value is -3.41. The van der Waals surface area contributed by atoms with E-state index in [1.165, 1.54) is 0 Å². The summed E-state index contributed by atoms with van der Waals surface area (Å²) in [7, 11) is 1.61. The van der Waals surface area contributed by atoms with Crippen molar-refractivity contribution in [2.75, 3.05) is 12.4 Å². The molecule has 29 heavy (non-hydrogen) atoms. The number of amides is 1. The van der Waals surface area contributed by atoms with Crippen molar-refractivity contribution in [1.29, 1.82) is 0 Å². The van der Waals surface area contributed by atoms with E-state index < -0.39 is 5.92 Å². The first-order chi connectivity index (χ1) is 13.9. The highest BCUT2D eigenvalue weighted by Gasteiger charge is 2.36. The standard InChI is InChI=1S/C23H23N3O3/c1-13-5-6-16(11-14(13)2)22(28)19-12-20(27)24-23-21(19)15(3)25-26(23)17-7-9-18(29-4)10-8-17/h5-11,19H,12H2,1-4H3,(H,24,27)/t19-/m1/s1. The number of carbonyl (C=O) groups is 2. The van der Waals surface area contributed by atoms with Gasteiger partial charge in [0.15, 0.2) is 5.78 Å². The molecule has 0 fully saturated rings. The molecule has 0 radical (unpaired) electrons. The van der Waals surface area contributed by atoms with E-state index in [4.69, 9.17) is 4.74 Å². The second-order valence-corrected chi connectivity index (χ2v) is 7.43. The van der Waals surface area contributed by atoms with Crippen LogP contribution in [0.4, 0.5) is 5.82 Å². The molecule has 0 unspecified atom stereocenters. The minimum absolute atomic E-state index is 0.0541. The Balaban J connectivity index is 1.78. The van der Waals surface area contributed by atoms with Gasteiger partial charge in [0.2, 0.25) is 5.91 Å². The molecule has 4 rings (SSSR count). The molecule has 1 amide bonds. The summed E-state index contributed by atoms with van der Waals surface area (Å²) in [6.45, 7) is 5.87. The molecule has 1 atom stereocenters. The molecular weight excluding hydrogens is 366 g/mol. The van der Waals surface area contributed by atoms with Crippen molar-refractivity contribution in [3.63, 3.8) is 0 Å². The third-order valence-corrected chi connectivity index (χ3v) is 5.53. The van der Waals surface area contributed by atoms with Gasteiger partial charge in [0, 0.05) is 17.5 Å². The third kappa shape index (κ3) is 3.31. The molecule has 6 heteroatoms. The number of aromatic nitrogens is 2. The van der Waals surface area contributed by atoms with Gasteiger partial charge in [0.05, 0.1) is 24.4 Å². The van der Waals surface area contributed by atoms with Crippen LogP contribution in [-0.2, 0) is 4.79 Å². The van der Waals surface area contributed by atoms with Crippen molar-refractivity contribution in [1.82, 2.24) is 9.78 Å². The van der Waals surface area contributed by atoms with E-state index in [1.807, 2.05) is 63.2 Å². The Labute approximate surface area is 169 Å². The van der Waals surface area contributed by atoms with Crippen LogP contribution >= 0.6 is 0 Å². The number of benzene rings is 2. The highest BCUT2D eigenvalue weighted by atomic mass is 16.5. The number of ketones is 1. The molecule has 3 aromatic rings. The average molecular weight is 389 g/mol. The molecule has 0 spiro atoms. The molecule has 2 aromatic carbocycles. The van der Waals surface area contributed by atoms with E-state index in [2.05, 4.69) is 10.4 Å². The van der Waals surface area contributed by atoms with Crippen molar-refractivity contribution in [3.05, 3.63) is 70.4 Å². The first-order valence-corrected chi connectivity index (χ1v) is 9.54. The van der Waals surface area contributed by atoms with Crippen LogP contribution in [0.2, 0.25) is 0 Å². The summed E-state index contributed by atoms with van der Waals surface area (Å²) in [5, 5.41) is 7.53. The third-order valence-electron chi connectivity index (χ3n) is 5.53. The van der Waals surface area contributed by atoms with Crippen LogP contribution in [0, 0.1) is 20.8 Å². The molecule has 2 heterocycles. The zero-order chi connectivity index (χ0) is 20.7. The van der Waals surface area contributed by atoms with Gasteiger partial charge in [0.1, 0.15) is 11.6 Å². The van der Waals surface area contributed by atoms with Crippen LogP contribution in [0.3, 0.4) is 0 Å². The summed E-state index contributed by atoms with van der Waals surface area (Å²) in [5.41, 5.74) is 5.11. The molecule has 1 aliphatic heterocycles. The summed E-state index contributed by atoms with van der Waals surface area (Å²) in [5.74, 6) is 0.508. The molecule has 148 valence electrons. The monoisotopic (exact) mass is 389 g/mol. The van der Waals surface area contributed by atoms with E-state index >= 15 is 0 Å². The van der Waals surface area contributed by atoms with E-state index in [-0.39, 0.29) is 18.1 Å². The van der Waals surface area contributed by atoms with Crippen LogP contribution in [0.1, 0.15) is 45.1 Å². The summed E-state index contributed by atoms with van der Waals surface area (Å²) < 4.78 is 6.89. The maximum atomic E-state index is 13.3. The van der Waals surface area contributed by atoms with Crippen molar-refractivity contribution in [2.45, 2.75) is 33.1 Å². The fraction of sp³-hybridized carbons (Fsp3) is 0.261. The predicted octanol–water partition coefficient (Wildman–Crippen LogP) is 4.11. The molecule has 0 bridgehead atoms. The number of methoxy groups -OCH3 is 1. The van der Waals surface area contributed by atoms with Gasteiger partial charge in [0.25, 0.3) is 0 Å². The molecule has 0 saturated carbocycles. The Morgan fingerprint density at radius 1 is 1.10 bits per heavy atom. The maximum absolute atomic E-state index is 13.3. The fourth-order valence-electron chi connectivity index (χ4n) is 3.78. The lowest BCUT2D eigenvalue weighted by Crippen LogP contribution is -2.28. The molecule has 6 nitrogen and oxygen atoms in total. The average Bonchev–Trinajstić information content (AvgIpc) is 3.05. The number of hydrogen-bond donors (Lipinski definition) is 1. The number of hydrogen-bond acceptors (Lipinski definition) is 4. The summed E-state index contributed by atoms with van der Waals surface area (Å²) in [4.78, 5) is 25.8. The van der Waals surface area contributed by atoms with Gasteiger partial charge >= 0.3 is 0 Å². The van der Waals surface area contributed by atoms with Gasteiger partial charge in [-0.05, 0) is 62.2 Å². The summed E-state index contributed by atoms with van der Waals surface area (Å²) in [6, 6.07) is 13.1. The van der Waals surface area contributed by atoms with E-state index in [1.54, 1.807) is 11.8 Å². The van der Waals surface area contributed by atoms with Gasteiger partial charge in [-0.3, -0.25) is 9.59 Å².